The minimum atomic E-state index is -1.22. The van der Waals surface area contributed by atoms with Crippen LogP contribution in [0.4, 0.5) is 0 Å². The largest absolute Gasteiger partial charge is 0.477 e. The molecule has 2 aromatic rings. The van der Waals surface area contributed by atoms with E-state index in [-0.39, 0.29) is 5.56 Å². The monoisotopic (exact) mass is 243 g/mol. The van der Waals surface area contributed by atoms with Gasteiger partial charge in [0.1, 0.15) is 5.56 Å². The predicted octanol–water partition coefficient (Wildman–Crippen LogP) is 2.36. The highest BCUT2D eigenvalue weighted by molar-refractivity contribution is 5.88. The molecular weight excluding hydrogens is 230 g/mol. The summed E-state index contributed by atoms with van der Waals surface area (Å²) in [5.74, 6) is -1.22. The van der Waals surface area contributed by atoms with Crippen molar-refractivity contribution < 1.29 is 9.90 Å². The molecule has 4 heteroatoms. The molecule has 0 fully saturated rings. The molecule has 1 aromatic heterocycles. The molecule has 0 bridgehead atoms. The molecule has 0 saturated heterocycles. The van der Waals surface area contributed by atoms with Crippen molar-refractivity contribution in [3.05, 3.63) is 57.5 Å². The zero-order valence-electron chi connectivity index (χ0n) is 10.2. The molecule has 0 atom stereocenters. The fourth-order valence-electron chi connectivity index (χ4n) is 1.96. The first kappa shape index (κ1) is 12.1. The highest BCUT2D eigenvalue weighted by atomic mass is 16.4. The van der Waals surface area contributed by atoms with Crippen molar-refractivity contribution in [2.75, 3.05) is 0 Å². The lowest BCUT2D eigenvalue weighted by Crippen LogP contribution is -2.16. The number of carboxylic acid groups (broad SMARTS) is 1. The van der Waals surface area contributed by atoms with E-state index in [9.17, 15) is 9.59 Å². The van der Waals surface area contributed by atoms with Gasteiger partial charge in [0.2, 0.25) is 5.43 Å². The zero-order chi connectivity index (χ0) is 13.3. The summed E-state index contributed by atoms with van der Waals surface area (Å²) in [5.41, 5.74) is 2.48. The first-order valence-corrected chi connectivity index (χ1v) is 5.52. The number of H-pyrrole nitrogens is 1. The number of carboxylic acids is 1. The van der Waals surface area contributed by atoms with Gasteiger partial charge in [0.15, 0.2) is 0 Å². The smallest absolute Gasteiger partial charge is 0.341 e. The number of aryl methyl sites for hydroxylation is 2. The normalized spacial score (nSPS) is 10.3. The molecule has 18 heavy (non-hydrogen) atoms. The highest BCUT2D eigenvalue weighted by Gasteiger charge is 2.13. The zero-order valence-corrected chi connectivity index (χ0v) is 10.2. The topological polar surface area (TPSA) is 70.2 Å². The number of hydrogen-bond acceptors (Lipinski definition) is 2. The summed E-state index contributed by atoms with van der Waals surface area (Å²) in [5, 5.41) is 8.93. The summed E-state index contributed by atoms with van der Waals surface area (Å²) >= 11 is 0. The maximum Gasteiger partial charge on any atom is 0.341 e. The molecule has 2 N–H and O–H groups in total. The third-order valence-corrected chi connectivity index (χ3v) is 2.85. The second-order valence-electron chi connectivity index (χ2n) is 4.24. The lowest BCUT2D eigenvalue weighted by molar-refractivity contribution is 0.0695. The first-order chi connectivity index (χ1) is 8.50. The molecule has 0 saturated carbocycles. The molecule has 0 aliphatic rings. The molecule has 0 radical (unpaired) electrons. The van der Waals surface area contributed by atoms with Gasteiger partial charge in [-0.2, -0.15) is 0 Å². The molecule has 2 rings (SSSR count). The van der Waals surface area contributed by atoms with Gasteiger partial charge >= 0.3 is 5.97 Å². The Balaban J connectivity index is 2.69. The van der Waals surface area contributed by atoms with Gasteiger partial charge in [-0.15, -0.1) is 0 Å². The van der Waals surface area contributed by atoms with E-state index in [1.165, 1.54) is 12.4 Å². The number of rotatable bonds is 2. The summed E-state index contributed by atoms with van der Waals surface area (Å²) in [4.78, 5) is 25.7. The molecule has 1 aromatic carbocycles. The number of nitrogens with one attached hydrogen (secondary N) is 1. The van der Waals surface area contributed by atoms with Crippen LogP contribution in [0.2, 0.25) is 0 Å². The molecule has 92 valence electrons. The van der Waals surface area contributed by atoms with E-state index in [1.807, 2.05) is 32.0 Å². The summed E-state index contributed by atoms with van der Waals surface area (Å²) in [6.07, 6.45) is 2.74. The lowest BCUT2D eigenvalue weighted by atomic mass is 9.99. The number of benzene rings is 1. The third-order valence-electron chi connectivity index (χ3n) is 2.85. The average molecular weight is 243 g/mol. The minimum Gasteiger partial charge on any atom is -0.477 e. The van der Waals surface area contributed by atoms with Crippen LogP contribution in [0.3, 0.4) is 0 Å². The molecule has 0 amide bonds. The van der Waals surface area contributed by atoms with Crippen LogP contribution in [-0.2, 0) is 0 Å². The fourth-order valence-corrected chi connectivity index (χ4v) is 1.96. The van der Waals surface area contributed by atoms with Gasteiger partial charge in [0, 0.05) is 18.0 Å². The van der Waals surface area contributed by atoms with Crippen molar-refractivity contribution in [2.45, 2.75) is 13.8 Å². The van der Waals surface area contributed by atoms with E-state index < -0.39 is 11.4 Å². The summed E-state index contributed by atoms with van der Waals surface area (Å²) < 4.78 is 0. The maximum atomic E-state index is 12.0. The first-order valence-electron chi connectivity index (χ1n) is 5.52. The van der Waals surface area contributed by atoms with Gasteiger partial charge in [-0.1, -0.05) is 23.8 Å². The standard InChI is InChI=1S/C14H13NO3/c1-8-3-4-10(9(2)5-8)11-6-15-7-12(13(11)16)14(17)18/h3-7H,1-2H3,(H,15,16)(H,17,18). The Hall–Kier alpha value is -2.36. The summed E-state index contributed by atoms with van der Waals surface area (Å²) in [7, 11) is 0. The summed E-state index contributed by atoms with van der Waals surface area (Å²) in [6, 6.07) is 5.69. The maximum absolute atomic E-state index is 12.0. The molecule has 1 heterocycles. The molecule has 0 spiro atoms. The fraction of sp³-hybridized carbons (Fsp3) is 0.143. The number of hydrogen-bond donors (Lipinski definition) is 2. The highest BCUT2D eigenvalue weighted by Crippen LogP contribution is 2.21. The molecule has 0 aliphatic carbocycles. The summed E-state index contributed by atoms with van der Waals surface area (Å²) in [6.45, 7) is 3.86. The number of aromatic amines is 1. The van der Waals surface area contributed by atoms with Gasteiger partial charge in [-0.05, 0) is 25.0 Å². The Morgan fingerprint density at radius 3 is 2.50 bits per heavy atom. The second kappa shape index (κ2) is 4.49. The number of pyridine rings is 1. The van der Waals surface area contributed by atoms with Crippen molar-refractivity contribution in [3.8, 4) is 11.1 Å². The Labute approximate surface area is 104 Å². The average Bonchev–Trinajstić information content (AvgIpc) is 2.30. The van der Waals surface area contributed by atoms with Crippen LogP contribution in [0.5, 0.6) is 0 Å². The van der Waals surface area contributed by atoms with E-state index in [0.717, 1.165) is 16.7 Å². The van der Waals surface area contributed by atoms with Crippen LogP contribution in [0, 0.1) is 13.8 Å². The van der Waals surface area contributed by atoms with Crippen molar-refractivity contribution in [2.24, 2.45) is 0 Å². The third kappa shape index (κ3) is 2.05. The predicted molar refractivity (Wildman–Crippen MR) is 68.9 cm³/mol. The number of carbonyl (C=O) groups is 1. The Bertz CT molecular complexity index is 671. The van der Waals surface area contributed by atoms with Crippen molar-refractivity contribution >= 4 is 5.97 Å². The van der Waals surface area contributed by atoms with Crippen LogP contribution in [0.1, 0.15) is 21.5 Å². The van der Waals surface area contributed by atoms with Gasteiger partial charge in [0.25, 0.3) is 0 Å². The van der Waals surface area contributed by atoms with Crippen LogP contribution in [-0.4, -0.2) is 16.1 Å². The van der Waals surface area contributed by atoms with Gasteiger partial charge in [-0.25, -0.2) is 4.79 Å². The quantitative estimate of drug-likeness (QED) is 0.850. The number of aromatic carboxylic acids is 1. The van der Waals surface area contributed by atoms with Crippen molar-refractivity contribution in [1.82, 2.24) is 4.98 Å². The van der Waals surface area contributed by atoms with E-state index in [2.05, 4.69) is 4.98 Å². The minimum absolute atomic E-state index is 0.243. The second-order valence-corrected chi connectivity index (χ2v) is 4.24. The SMILES string of the molecule is Cc1ccc(-c2c[nH]cc(C(=O)O)c2=O)c(C)c1. The Morgan fingerprint density at radius 1 is 1.17 bits per heavy atom. The number of aromatic nitrogens is 1. The van der Waals surface area contributed by atoms with Crippen LogP contribution < -0.4 is 5.43 Å². The van der Waals surface area contributed by atoms with Gasteiger partial charge in [-0.3, -0.25) is 4.79 Å². The molecule has 0 aliphatic heterocycles. The van der Waals surface area contributed by atoms with Crippen LogP contribution >= 0.6 is 0 Å². The Morgan fingerprint density at radius 2 is 1.89 bits per heavy atom. The molecule has 0 unspecified atom stereocenters. The van der Waals surface area contributed by atoms with E-state index in [1.54, 1.807) is 0 Å². The molecular formula is C14H13NO3. The van der Waals surface area contributed by atoms with E-state index in [4.69, 9.17) is 5.11 Å². The lowest BCUT2D eigenvalue weighted by Gasteiger charge is -2.07. The molecule has 4 nitrogen and oxygen atoms in total. The van der Waals surface area contributed by atoms with Crippen molar-refractivity contribution in [3.63, 3.8) is 0 Å². The van der Waals surface area contributed by atoms with Crippen molar-refractivity contribution in [1.29, 1.82) is 0 Å². The van der Waals surface area contributed by atoms with Crippen LogP contribution in [0.25, 0.3) is 11.1 Å². The van der Waals surface area contributed by atoms with E-state index >= 15 is 0 Å². The van der Waals surface area contributed by atoms with Crippen LogP contribution in [0.15, 0.2) is 35.4 Å². The van der Waals surface area contributed by atoms with E-state index in [0.29, 0.717) is 5.56 Å². The van der Waals surface area contributed by atoms with Gasteiger partial charge < -0.3 is 10.1 Å². The van der Waals surface area contributed by atoms with Gasteiger partial charge in [0.05, 0.1) is 0 Å². The Kier molecular flexibility index (Phi) is 3.02.